The maximum absolute atomic E-state index is 13.2. The van der Waals surface area contributed by atoms with Crippen molar-refractivity contribution in [1.82, 2.24) is 0 Å². The van der Waals surface area contributed by atoms with Crippen molar-refractivity contribution in [2.45, 2.75) is 6.42 Å². The van der Waals surface area contributed by atoms with Gasteiger partial charge in [-0.25, -0.2) is 4.90 Å². The number of anilines is 1. The van der Waals surface area contributed by atoms with Crippen LogP contribution in [0.15, 0.2) is 48.5 Å². The van der Waals surface area contributed by atoms with Gasteiger partial charge in [0.05, 0.1) is 37.5 Å². The van der Waals surface area contributed by atoms with E-state index in [1.54, 1.807) is 36.4 Å². The predicted octanol–water partition coefficient (Wildman–Crippen LogP) is 3.28. The van der Waals surface area contributed by atoms with Crippen LogP contribution in [0.4, 0.5) is 5.69 Å². The Bertz CT molecular complexity index is 1100. The summed E-state index contributed by atoms with van der Waals surface area (Å²) in [5.74, 6) is -1.35. The van der Waals surface area contributed by atoms with Crippen molar-refractivity contribution in [3.05, 3.63) is 65.2 Å². The number of carboxylic acids is 1. The zero-order chi connectivity index (χ0) is 20.7. The van der Waals surface area contributed by atoms with Crippen LogP contribution in [0.1, 0.15) is 26.3 Å². The van der Waals surface area contributed by atoms with Crippen molar-refractivity contribution in [2.24, 2.45) is 0 Å². The Labute approximate surface area is 166 Å². The van der Waals surface area contributed by atoms with E-state index in [4.69, 9.17) is 14.6 Å². The molecule has 1 aliphatic heterocycles. The number of aliphatic carboxylic acids is 1. The lowest BCUT2D eigenvalue weighted by Gasteiger charge is -2.14. The second-order valence-electron chi connectivity index (χ2n) is 6.54. The molecular formula is C22H17NO6. The van der Waals surface area contributed by atoms with Crippen molar-refractivity contribution in [1.29, 1.82) is 0 Å². The summed E-state index contributed by atoms with van der Waals surface area (Å²) in [6, 6.07) is 13.5. The van der Waals surface area contributed by atoms with Crippen LogP contribution < -0.4 is 14.4 Å². The predicted molar refractivity (Wildman–Crippen MR) is 106 cm³/mol. The molecule has 146 valence electrons. The fraction of sp³-hybridized carbons (Fsp3) is 0.136. The summed E-state index contributed by atoms with van der Waals surface area (Å²) in [6.07, 6.45) is -0.143. The number of ether oxygens (including phenoxy) is 2. The standard InChI is InChI=1S/C22H17NO6/c1-28-19-14-5-3-4-6-15(14)20(29-2)18-17(19)21(26)23(22(18)27)13-9-7-12(8-10-13)11-16(24)25/h3-10H,11H2,1-2H3,(H,24,25). The van der Waals surface area contributed by atoms with Crippen LogP contribution in [0.25, 0.3) is 10.8 Å². The molecule has 7 heteroatoms. The molecule has 0 spiro atoms. The molecule has 1 N–H and O–H groups in total. The number of hydrogen-bond donors (Lipinski definition) is 1. The van der Waals surface area contributed by atoms with E-state index >= 15 is 0 Å². The van der Waals surface area contributed by atoms with Gasteiger partial charge in [-0.15, -0.1) is 0 Å². The summed E-state index contributed by atoms with van der Waals surface area (Å²) in [5.41, 5.74) is 1.22. The average molecular weight is 391 g/mol. The van der Waals surface area contributed by atoms with Crippen molar-refractivity contribution >= 4 is 34.2 Å². The topological polar surface area (TPSA) is 93.1 Å². The number of nitrogens with zero attached hydrogens (tertiary/aromatic N) is 1. The molecule has 29 heavy (non-hydrogen) atoms. The van der Waals surface area contributed by atoms with E-state index in [1.165, 1.54) is 14.2 Å². The maximum Gasteiger partial charge on any atom is 0.307 e. The summed E-state index contributed by atoms with van der Waals surface area (Å²) in [6.45, 7) is 0. The van der Waals surface area contributed by atoms with E-state index in [2.05, 4.69) is 0 Å². The fourth-order valence-electron chi connectivity index (χ4n) is 3.70. The number of fused-ring (bicyclic) bond motifs is 2. The number of imide groups is 1. The number of methoxy groups -OCH3 is 2. The molecule has 4 rings (SSSR count). The summed E-state index contributed by atoms with van der Waals surface area (Å²) < 4.78 is 11.0. The molecule has 0 aliphatic carbocycles. The van der Waals surface area contributed by atoms with Gasteiger partial charge in [-0.05, 0) is 17.7 Å². The summed E-state index contributed by atoms with van der Waals surface area (Å²) in [5, 5.41) is 10.3. The van der Waals surface area contributed by atoms with Crippen LogP contribution in [0.2, 0.25) is 0 Å². The SMILES string of the molecule is COc1c2c(c(OC)c3ccccc13)C(=O)N(c1ccc(CC(=O)O)cc1)C2=O. The Morgan fingerprint density at radius 1 is 0.862 bits per heavy atom. The highest BCUT2D eigenvalue weighted by Gasteiger charge is 2.43. The van der Waals surface area contributed by atoms with Crippen molar-refractivity contribution < 1.29 is 29.0 Å². The molecule has 1 aliphatic rings. The first kappa shape index (κ1) is 18.5. The van der Waals surface area contributed by atoms with Crippen LogP contribution in [0.5, 0.6) is 11.5 Å². The zero-order valence-electron chi connectivity index (χ0n) is 15.8. The smallest absolute Gasteiger partial charge is 0.307 e. The van der Waals surface area contributed by atoms with Crippen LogP contribution in [-0.2, 0) is 11.2 Å². The molecule has 0 radical (unpaired) electrons. The number of carboxylic acid groups (broad SMARTS) is 1. The normalized spacial score (nSPS) is 13.0. The number of hydrogen-bond acceptors (Lipinski definition) is 5. The Kier molecular flexibility index (Phi) is 4.43. The monoisotopic (exact) mass is 391 g/mol. The van der Waals surface area contributed by atoms with Gasteiger partial charge in [-0.3, -0.25) is 14.4 Å². The van der Waals surface area contributed by atoms with Crippen molar-refractivity contribution in [2.75, 3.05) is 19.1 Å². The minimum absolute atomic E-state index is 0.143. The lowest BCUT2D eigenvalue weighted by molar-refractivity contribution is -0.136. The molecule has 0 saturated carbocycles. The molecule has 0 bridgehead atoms. The largest absolute Gasteiger partial charge is 0.495 e. The minimum atomic E-state index is -0.959. The third kappa shape index (κ3) is 2.79. The van der Waals surface area contributed by atoms with Crippen LogP contribution in [0.3, 0.4) is 0 Å². The highest BCUT2D eigenvalue weighted by atomic mass is 16.5. The molecule has 3 aromatic carbocycles. The number of amides is 2. The third-order valence-corrected chi connectivity index (χ3v) is 4.91. The first-order chi connectivity index (χ1) is 14.0. The van der Waals surface area contributed by atoms with Gasteiger partial charge >= 0.3 is 5.97 Å². The Hall–Kier alpha value is -3.87. The van der Waals surface area contributed by atoms with Crippen LogP contribution >= 0.6 is 0 Å². The minimum Gasteiger partial charge on any atom is -0.495 e. The van der Waals surface area contributed by atoms with Gasteiger partial charge in [0.1, 0.15) is 11.5 Å². The van der Waals surface area contributed by atoms with Gasteiger partial charge in [-0.2, -0.15) is 0 Å². The van der Waals surface area contributed by atoms with Gasteiger partial charge < -0.3 is 14.6 Å². The molecule has 2 amide bonds. The number of carbonyl (C=O) groups is 3. The third-order valence-electron chi connectivity index (χ3n) is 4.91. The van der Waals surface area contributed by atoms with E-state index in [0.29, 0.717) is 33.5 Å². The van der Waals surface area contributed by atoms with Crippen molar-refractivity contribution in [3.63, 3.8) is 0 Å². The molecule has 1 heterocycles. The van der Waals surface area contributed by atoms with Crippen LogP contribution in [-0.4, -0.2) is 37.1 Å². The first-order valence-electron chi connectivity index (χ1n) is 8.84. The lowest BCUT2D eigenvalue weighted by atomic mass is 9.99. The number of carbonyl (C=O) groups excluding carboxylic acids is 2. The van der Waals surface area contributed by atoms with Gasteiger partial charge in [-0.1, -0.05) is 36.4 Å². The van der Waals surface area contributed by atoms with Crippen molar-refractivity contribution in [3.8, 4) is 11.5 Å². The van der Waals surface area contributed by atoms with Gasteiger partial charge in [0.2, 0.25) is 0 Å². The van der Waals surface area contributed by atoms with Crippen LogP contribution in [0, 0.1) is 0 Å². The number of benzene rings is 3. The summed E-state index contributed by atoms with van der Waals surface area (Å²) in [7, 11) is 2.91. The molecular weight excluding hydrogens is 374 g/mol. The number of rotatable bonds is 5. The maximum atomic E-state index is 13.2. The molecule has 0 atom stereocenters. The highest BCUT2D eigenvalue weighted by Crippen LogP contribution is 2.45. The second-order valence-corrected chi connectivity index (χ2v) is 6.54. The van der Waals surface area contributed by atoms with E-state index in [1.807, 2.05) is 12.1 Å². The lowest BCUT2D eigenvalue weighted by Crippen LogP contribution is -2.29. The first-order valence-corrected chi connectivity index (χ1v) is 8.84. The van der Waals surface area contributed by atoms with E-state index < -0.39 is 17.8 Å². The second kappa shape index (κ2) is 6.94. The molecule has 3 aromatic rings. The average Bonchev–Trinajstić information content (AvgIpc) is 2.97. The Balaban J connectivity index is 1.89. The zero-order valence-corrected chi connectivity index (χ0v) is 15.8. The fourth-order valence-corrected chi connectivity index (χ4v) is 3.70. The molecule has 0 unspecified atom stereocenters. The molecule has 0 fully saturated rings. The van der Waals surface area contributed by atoms with E-state index in [9.17, 15) is 14.4 Å². The highest BCUT2D eigenvalue weighted by molar-refractivity contribution is 6.38. The molecule has 0 saturated heterocycles. The summed E-state index contributed by atoms with van der Waals surface area (Å²) >= 11 is 0. The molecule has 0 aromatic heterocycles. The van der Waals surface area contributed by atoms with E-state index in [-0.39, 0.29) is 17.5 Å². The quantitative estimate of drug-likeness (QED) is 0.671. The summed E-state index contributed by atoms with van der Waals surface area (Å²) in [4.78, 5) is 38.4. The Morgan fingerprint density at radius 2 is 1.34 bits per heavy atom. The molecule has 7 nitrogen and oxygen atoms in total. The Morgan fingerprint density at radius 3 is 1.76 bits per heavy atom. The van der Waals surface area contributed by atoms with E-state index in [0.717, 1.165) is 4.90 Å². The van der Waals surface area contributed by atoms with Gasteiger partial charge in [0, 0.05) is 10.8 Å². The van der Waals surface area contributed by atoms with Gasteiger partial charge in [0.15, 0.2) is 0 Å². The van der Waals surface area contributed by atoms with Gasteiger partial charge in [0.25, 0.3) is 11.8 Å².